The molecule has 124 valence electrons. The van der Waals surface area contributed by atoms with E-state index in [9.17, 15) is 13.2 Å². The van der Waals surface area contributed by atoms with Gasteiger partial charge < -0.3 is 5.73 Å². The minimum atomic E-state index is -4.34. The van der Waals surface area contributed by atoms with Crippen LogP contribution in [0.15, 0.2) is 47.5 Å². The van der Waals surface area contributed by atoms with Gasteiger partial charge in [-0.3, -0.25) is 4.68 Å². The molecule has 5 nitrogen and oxygen atoms in total. The Morgan fingerprint density at radius 3 is 2.50 bits per heavy atom. The maximum Gasteiger partial charge on any atom is 0.416 e. The van der Waals surface area contributed by atoms with Gasteiger partial charge in [0.05, 0.1) is 28.5 Å². The SMILES string of the molecule is Nc1ncnc(-c2cnn(Cc3ccc(C(F)(F)F)cc3)c2)c1Br. The lowest BCUT2D eigenvalue weighted by molar-refractivity contribution is -0.137. The summed E-state index contributed by atoms with van der Waals surface area (Å²) >= 11 is 3.33. The lowest BCUT2D eigenvalue weighted by Gasteiger charge is -2.07. The van der Waals surface area contributed by atoms with Gasteiger partial charge in [0.15, 0.2) is 0 Å². The molecular weight excluding hydrogens is 387 g/mol. The maximum absolute atomic E-state index is 12.6. The molecule has 0 fully saturated rings. The Labute approximate surface area is 143 Å². The highest BCUT2D eigenvalue weighted by Gasteiger charge is 2.29. The Hall–Kier alpha value is -2.42. The first kappa shape index (κ1) is 16.4. The van der Waals surface area contributed by atoms with Gasteiger partial charge >= 0.3 is 6.18 Å². The van der Waals surface area contributed by atoms with Crippen LogP contribution in [0.2, 0.25) is 0 Å². The van der Waals surface area contributed by atoms with E-state index in [2.05, 4.69) is 31.0 Å². The van der Waals surface area contributed by atoms with Crippen LogP contribution in [0.1, 0.15) is 11.1 Å². The van der Waals surface area contributed by atoms with Crippen molar-refractivity contribution in [2.75, 3.05) is 5.73 Å². The van der Waals surface area contributed by atoms with E-state index in [1.54, 1.807) is 17.1 Å². The summed E-state index contributed by atoms with van der Waals surface area (Å²) in [6.45, 7) is 0.344. The van der Waals surface area contributed by atoms with E-state index < -0.39 is 11.7 Å². The lowest BCUT2D eigenvalue weighted by Crippen LogP contribution is -2.05. The molecule has 0 amide bonds. The number of nitrogens with two attached hydrogens (primary N) is 1. The van der Waals surface area contributed by atoms with Crippen molar-refractivity contribution in [1.29, 1.82) is 0 Å². The molecule has 0 aliphatic heterocycles. The Morgan fingerprint density at radius 1 is 1.12 bits per heavy atom. The van der Waals surface area contributed by atoms with Crippen molar-refractivity contribution in [2.45, 2.75) is 12.7 Å². The summed E-state index contributed by atoms with van der Waals surface area (Å²) < 4.78 is 39.9. The molecule has 3 aromatic rings. The van der Waals surface area contributed by atoms with Gasteiger partial charge in [-0.15, -0.1) is 0 Å². The van der Waals surface area contributed by atoms with Crippen LogP contribution in [-0.4, -0.2) is 19.7 Å². The molecule has 1 aromatic carbocycles. The highest BCUT2D eigenvalue weighted by molar-refractivity contribution is 9.10. The molecule has 2 heterocycles. The predicted octanol–water partition coefficient (Wildman–Crippen LogP) is 3.75. The van der Waals surface area contributed by atoms with Gasteiger partial charge in [0.2, 0.25) is 0 Å². The molecule has 0 aliphatic carbocycles. The van der Waals surface area contributed by atoms with Gasteiger partial charge in [-0.25, -0.2) is 9.97 Å². The number of benzene rings is 1. The van der Waals surface area contributed by atoms with Crippen LogP contribution >= 0.6 is 15.9 Å². The first-order valence-corrected chi connectivity index (χ1v) is 7.59. The molecule has 0 saturated heterocycles. The highest BCUT2D eigenvalue weighted by Crippen LogP contribution is 2.30. The van der Waals surface area contributed by atoms with Crippen LogP contribution < -0.4 is 5.73 Å². The first-order chi connectivity index (χ1) is 11.3. The summed E-state index contributed by atoms with van der Waals surface area (Å²) in [5.41, 5.74) is 7.08. The van der Waals surface area contributed by atoms with Gasteiger partial charge in [0.1, 0.15) is 12.1 Å². The Bertz CT molecular complexity index is 858. The van der Waals surface area contributed by atoms with E-state index >= 15 is 0 Å². The molecule has 24 heavy (non-hydrogen) atoms. The standard InChI is InChI=1S/C15H11BrF3N5/c16-12-13(21-8-22-14(12)20)10-5-23-24(7-10)6-9-1-3-11(4-2-9)15(17,18)19/h1-5,7-8H,6H2,(H2,20,21,22). The summed E-state index contributed by atoms with van der Waals surface area (Å²) in [7, 11) is 0. The van der Waals surface area contributed by atoms with Gasteiger partial charge in [-0.1, -0.05) is 12.1 Å². The minimum absolute atomic E-state index is 0.315. The zero-order valence-corrected chi connectivity index (χ0v) is 13.7. The molecular formula is C15H11BrF3N5. The summed E-state index contributed by atoms with van der Waals surface area (Å²) in [5.74, 6) is 0.315. The topological polar surface area (TPSA) is 69.6 Å². The second-order valence-corrected chi connectivity index (χ2v) is 5.84. The summed E-state index contributed by atoms with van der Waals surface area (Å²) in [5, 5.41) is 4.20. The van der Waals surface area contributed by atoms with Crippen LogP contribution in [-0.2, 0) is 12.7 Å². The first-order valence-electron chi connectivity index (χ1n) is 6.79. The van der Waals surface area contributed by atoms with Crippen LogP contribution in [0.3, 0.4) is 0 Å². The van der Waals surface area contributed by atoms with Crippen molar-refractivity contribution in [2.24, 2.45) is 0 Å². The largest absolute Gasteiger partial charge is 0.416 e. The Morgan fingerprint density at radius 2 is 1.83 bits per heavy atom. The molecule has 2 aromatic heterocycles. The monoisotopic (exact) mass is 397 g/mol. The Kier molecular flexibility index (Phi) is 4.27. The fraction of sp³-hybridized carbons (Fsp3) is 0.133. The number of nitrogen functional groups attached to an aromatic ring is 1. The molecule has 3 rings (SSSR count). The van der Waals surface area contributed by atoms with Gasteiger partial charge in [0.25, 0.3) is 0 Å². The summed E-state index contributed by atoms with van der Waals surface area (Å²) in [6, 6.07) is 4.98. The van der Waals surface area contributed by atoms with E-state index in [0.717, 1.165) is 17.7 Å². The van der Waals surface area contributed by atoms with Crippen LogP contribution in [0.25, 0.3) is 11.3 Å². The predicted molar refractivity (Wildman–Crippen MR) is 85.9 cm³/mol. The lowest BCUT2D eigenvalue weighted by atomic mass is 10.1. The number of anilines is 1. The molecule has 0 saturated carbocycles. The van der Waals surface area contributed by atoms with Crippen LogP contribution in [0.4, 0.5) is 19.0 Å². The molecule has 0 aliphatic rings. The number of nitrogens with zero attached hydrogens (tertiary/aromatic N) is 4. The van der Waals surface area contributed by atoms with E-state index in [1.807, 2.05) is 0 Å². The quantitative estimate of drug-likeness (QED) is 0.730. The fourth-order valence-corrected chi connectivity index (χ4v) is 2.58. The average molecular weight is 398 g/mol. The Balaban J connectivity index is 1.80. The van der Waals surface area contributed by atoms with Crippen molar-refractivity contribution in [3.8, 4) is 11.3 Å². The van der Waals surface area contributed by atoms with Crippen molar-refractivity contribution in [3.05, 3.63) is 58.6 Å². The highest BCUT2D eigenvalue weighted by atomic mass is 79.9. The van der Waals surface area contributed by atoms with Crippen molar-refractivity contribution in [3.63, 3.8) is 0 Å². The van der Waals surface area contributed by atoms with Crippen molar-refractivity contribution in [1.82, 2.24) is 19.7 Å². The fourth-order valence-electron chi connectivity index (χ4n) is 2.14. The van der Waals surface area contributed by atoms with Gasteiger partial charge in [0, 0.05) is 11.8 Å². The third kappa shape index (κ3) is 3.40. The second kappa shape index (κ2) is 6.23. The average Bonchev–Trinajstić information content (AvgIpc) is 2.98. The second-order valence-electron chi connectivity index (χ2n) is 5.04. The van der Waals surface area contributed by atoms with E-state index in [1.165, 1.54) is 18.5 Å². The number of hydrogen-bond donors (Lipinski definition) is 1. The minimum Gasteiger partial charge on any atom is -0.383 e. The molecule has 0 spiro atoms. The number of aromatic nitrogens is 4. The van der Waals surface area contributed by atoms with Gasteiger partial charge in [-0.2, -0.15) is 18.3 Å². The van der Waals surface area contributed by atoms with E-state index in [4.69, 9.17) is 5.73 Å². The van der Waals surface area contributed by atoms with E-state index in [0.29, 0.717) is 28.1 Å². The maximum atomic E-state index is 12.6. The van der Waals surface area contributed by atoms with Crippen molar-refractivity contribution >= 4 is 21.7 Å². The third-order valence-corrected chi connectivity index (χ3v) is 4.13. The number of alkyl halides is 3. The van der Waals surface area contributed by atoms with Gasteiger partial charge in [-0.05, 0) is 33.6 Å². The summed E-state index contributed by atoms with van der Waals surface area (Å²) in [4.78, 5) is 8.02. The number of halogens is 4. The van der Waals surface area contributed by atoms with E-state index in [-0.39, 0.29) is 0 Å². The zero-order valence-electron chi connectivity index (χ0n) is 12.1. The molecule has 0 unspecified atom stereocenters. The number of rotatable bonds is 3. The molecule has 9 heteroatoms. The smallest absolute Gasteiger partial charge is 0.383 e. The molecule has 2 N–H and O–H groups in total. The zero-order chi connectivity index (χ0) is 17.3. The molecule has 0 bridgehead atoms. The normalized spacial score (nSPS) is 11.7. The molecule has 0 radical (unpaired) electrons. The number of hydrogen-bond acceptors (Lipinski definition) is 4. The third-order valence-electron chi connectivity index (χ3n) is 3.35. The van der Waals surface area contributed by atoms with Crippen LogP contribution in [0, 0.1) is 0 Å². The summed E-state index contributed by atoms with van der Waals surface area (Å²) in [6.07, 6.45) is 0.361. The molecule has 0 atom stereocenters. The van der Waals surface area contributed by atoms with Crippen molar-refractivity contribution < 1.29 is 13.2 Å². The van der Waals surface area contributed by atoms with Crippen LogP contribution in [0.5, 0.6) is 0 Å².